The third-order valence-corrected chi connectivity index (χ3v) is 4.97. The maximum absolute atomic E-state index is 12.1. The summed E-state index contributed by atoms with van der Waals surface area (Å²) in [6.45, 7) is 5.01. The van der Waals surface area contributed by atoms with E-state index in [-0.39, 0.29) is 18.3 Å². The average molecular weight is 356 g/mol. The molecule has 1 aromatic heterocycles. The van der Waals surface area contributed by atoms with Gasteiger partial charge in [0.1, 0.15) is 0 Å². The van der Waals surface area contributed by atoms with Gasteiger partial charge in [-0.15, -0.1) is 23.7 Å². The number of nitrogens with two attached hydrogens (primary N) is 1. The highest BCUT2D eigenvalue weighted by Gasteiger charge is 2.32. The first kappa shape index (κ1) is 17.9. The van der Waals surface area contributed by atoms with Crippen molar-refractivity contribution in [2.45, 2.75) is 33.2 Å². The van der Waals surface area contributed by atoms with Crippen molar-refractivity contribution in [1.29, 1.82) is 0 Å². The fourth-order valence-electron chi connectivity index (χ4n) is 1.75. The standard InChI is InChI=1S/C12H19BrN2OS.ClH/c1-3-12(4-2,8-14)11(16)15-6-10-5-9(13)7-17-10;/h5,7H,3-4,6,8,14H2,1-2H3,(H,15,16);1H. The van der Waals surface area contributed by atoms with Crippen LogP contribution in [0.15, 0.2) is 15.9 Å². The molecule has 0 unspecified atom stereocenters. The zero-order valence-electron chi connectivity index (χ0n) is 10.7. The molecular weight excluding hydrogens is 336 g/mol. The lowest BCUT2D eigenvalue weighted by atomic mass is 9.81. The van der Waals surface area contributed by atoms with E-state index in [2.05, 4.69) is 21.2 Å². The van der Waals surface area contributed by atoms with Crippen LogP contribution in [0.25, 0.3) is 0 Å². The van der Waals surface area contributed by atoms with Crippen molar-refractivity contribution in [2.24, 2.45) is 11.1 Å². The van der Waals surface area contributed by atoms with E-state index in [4.69, 9.17) is 5.73 Å². The number of hydrogen-bond donors (Lipinski definition) is 2. The molecule has 0 fully saturated rings. The maximum atomic E-state index is 12.1. The maximum Gasteiger partial charge on any atom is 0.227 e. The van der Waals surface area contributed by atoms with E-state index in [1.165, 1.54) is 0 Å². The van der Waals surface area contributed by atoms with Crippen LogP contribution in [0, 0.1) is 5.41 Å². The fraction of sp³-hybridized carbons (Fsp3) is 0.583. The second kappa shape index (κ2) is 8.15. The third-order valence-electron chi connectivity index (χ3n) is 3.27. The van der Waals surface area contributed by atoms with Crippen LogP contribution < -0.4 is 11.1 Å². The van der Waals surface area contributed by atoms with Crippen molar-refractivity contribution in [1.82, 2.24) is 5.32 Å². The highest BCUT2D eigenvalue weighted by atomic mass is 79.9. The van der Waals surface area contributed by atoms with Crippen LogP contribution in [0.3, 0.4) is 0 Å². The smallest absolute Gasteiger partial charge is 0.227 e. The largest absolute Gasteiger partial charge is 0.351 e. The van der Waals surface area contributed by atoms with Crippen molar-refractivity contribution in [3.05, 3.63) is 20.8 Å². The summed E-state index contributed by atoms with van der Waals surface area (Å²) in [6, 6.07) is 2.02. The van der Waals surface area contributed by atoms with Crippen molar-refractivity contribution < 1.29 is 4.79 Å². The zero-order valence-corrected chi connectivity index (χ0v) is 13.9. The Morgan fingerprint density at radius 3 is 2.50 bits per heavy atom. The van der Waals surface area contributed by atoms with Crippen LogP contribution in [0.5, 0.6) is 0 Å². The van der Waals surface area contributed by atoms with Gasteiger partial charge in [0.25, 0.3) is 0 Å². The molecule has 0 atom stereocenters. The number of amides is 1. The van der Waals surface area contributed by atoms with Gasteiger partial charge in [-0.3, -0.25) is 4.79 Å². The quantitative estimate of drug-likeness (QED) is 0.822. The minimum Gasteiger partial charge on any atom is -0.351 e. The van der Waals surface area contributed by atoms with Crippen molar-refractivity contribution in [2.75, 3.05) is 6.54 Å². The number of halogens is 2. The molecule has 104 valence electrons. The predicted molar refractivity (Wildman–Crippen MR) is 83.2 cm³/mol. The van der Waals surface area contributed by atoms with Gasteiger partial charge >= 0.3 is 0 Å². The number of nitrogens with one attached hydrogen (secondary N) is 1. The van der Waals surface area contributed by atoms with Gasteiger partial charge < -0.3 is 11.1 Å². The lowest BCUT2D eigenvalue weighted by Gasteiger charge is -2.28. The van der Waals surface area contributed by atoms with E-state index in [0.29, 0.717) is 13.1 Å². The van der Waals surface area contributed by atoms with Gasteiger partial charge in [0, 0.05) is 21.3 Å². The molecule has 0 aromatic carbocycles. The van der Waals surface area contributed by atoms with E-state index in [1.807, 2.05) is 25.3 Å². The molecule has 0 saturated heterocycles. The van der Waals surface area contributed by atoms with Crippen LogP contribution in [0.4, 0.5) is 0 Å². The summed E-state index contributed by atoms with van der Waals surface area (Å²) in [4.78, 5) is 13.3. The van der Waals surface area contributed by atoms with E-state index >= 15 is 0 Å². The summed E-state index contributed by atoms with van der Waals surface area (Å²) in [6.07, 6.45) is 1.56. The molecule has 0 aliphatic carbocycles. The van der Waals surface area contributed by atoms with Crippen molar-refractivity contribution in [3.63, 3.8) is 0 Å². The molecule has 18 heavy (non-hydrogen) atoms. The number of hydrogen-bond acceptors (Lipinski definition) is 3. The summed E-state index contributed by atoms with van der Waals surface area (Å²) < 4.78 is 1.06. The number of carbonyl (C=O) groups excluding carboxylic acids is 1. The Morgan fingerprint density at radius 2 is 2.11 bits per heavy atom. The molecule has 0 spiro atoms. The molecule has 3 N–H and O–H groups in total. The molecule has 0 aliphatic rings. The van der Waals surface area contributed by atoms with Gasteiger partial charge in [0.15, 0.2) is 0 Å². The summed E-state index contributed by atoms with van der Waals surface area (Å²) in [7, 11) is 0. The normalized spacial score (nSPS) is 10.9. The lowest BCUT2D eigenvalue weighted by molar-refractivity contribution is -0.131. The van der Waals surface area contributed by atoms with Crippen molar-refractivity contribution in [3.8, 4) is 0 Å². The van der Waals surface area contributed by atoms with Gasteiger partial charge in [0.05, 0.1) is 12.0 Å². The van der Waals surface area contributed by atoms with Gasteiger partial charge in [0.2, 0.25) is 5.91 Å². The number of rotatable bonds is 6. The molecule has 1 heterocycles. The molecule has 0 radical (unpaired) electrons. The molecule has 6 heteroatoms. The first-order chi connectivity index (χ1) is 8.07. The molecule has 1 aromatic rings. The average Bonchev–Trinajstić information content (AvgIpc) is 2.75. The van der Waals surface area contributed by atoms with Crippen LogP contribution in [0.2, 0.25) is 0 Å². The second-order valence-corrected chi connectivity index (χ2v) is 6.02. The van der Waals surface area contributed by atoms with E-state index in [0.717, 1.165) is 22.2 Å². The topological polar surface area (TPSA) is 55.1 Å². The Bertz CT molecular complexity index is 372. The molecule has 1 rings (SSSR count). The van der Waals surface area contributed by atoms with Gasteiger partial charge in [-0.25, -0.2) is 0 Å². The Labute approximate surface area is 127 Å². The van der Waals surface area contributed by atoms with Crippen molar-refractivity contribution >= 4 is 45.6 Å². The Morgan fingerprint density at radius 1 is 1.50 bits per heavy atom. The third kappa shape index (κ3) is 4.23. The molecule has 1 amide bonds. The molecule has 0 saturated carbocycles. The monoisotopic (exact) mass is 354 g/mol. The molecular formula is C12H20BrClN2OS. The van der Waals surface area contributed by atoms with Crippen LogP contribution >= 0.6 is 39.7 Å². The second-order valence-electron chi connectivity index (χ2n) is 4.11. The Kier molecular flexibility index (Phi) is 8.10. The number of carbonyl (C=O) groups is 1. The number of thiophene rings is 1. The minimum atomic E-state index is -0.408. The van der Waals surface area contributed by atoms with Gasteiger partial charge in [-0.2, -0.15) is 0 Å². The minimum absolute atomic E-state index is 0. The van der Waals surface area contributed by atoms with Gasteiger partial charge in [-0.1, -0.05) is 13.8 Å². The lowest BCUT2D eigenvalue weighted by Crippen LogP contribution is -2.44. The fourth-order valence-corrected chi connectivity index (χ4v) is 3.14. The summed E-state index contributed by atoms with van der Waals surface area (Å²) in [5.41, 5.74) is 5.33. The highest BCUT2D eigenvalue weighted by molar-refractivity contribution is 9.10. The summed E-state index contributed by atoms with van der Waals surface area (Å²) in [5.74, 6) is 0.0644. The first-order valence-electron chi connectivity index (χ1n) is 5.79. The zero-order chi connectivity index (χ0) is 12.9. The van der Waals surface area contributed by atoms with E-state index in [1.54, 1.807) is 11.3 Å². The Balaban J connectivity index is 0.00000289. The molecule has 3 nitrogen and oxygen atoms in total. The molecule has 0 aliphatic heterocycles. The molecule has 0 bridgehead atoms. The van der Waals surface area contributed by atoms with Crippen LogP contribution in [0.1, 0.15) is 31.6 Å². The summed E-state index contributed by atoms with van der Waals surface area (Å²) >= 11 is 5.03. The van der Waals surface area contributed by atoms with Gasteiger partial charge in [-0.05, 0) is 34.8 Å². The van der Waals surface area contributed by atoms with E-state index in [9.17, 15) is 4.79 Å². The SMILES string of the molecule is CCC(CC)(CN)C(=O)NCc1cc(Br)cs1.Cl. The predicted octanol–water partition coefficient (Wildman–Crippen LogP) is 3.31. The Hall–Kier alpha value is -0.100. The van der Waals surface area contributed by atoms with E-state index < -0.39 is 5.41 Å². The highest BCUT2D eigenvalue weighted by Crippen LogP contribution is 2.25. The van der Waals surface area contributed by atoms with Crippen LogP contribution in [-0.2, 0) is 11.3 Å². The summed E-state index contributed by atoms with van der Waals surface area (Å²) in [5, 5.41) is 4.99. The first-order valence-corrected chi connectivity index (χ1v) is 7.46. The van der Waals surface area contributed by atoms with Crippen LogP contribution in [-0.4, -0.2) is 12.5 Å².